The summed E-state index contributed by atoms with van der Waals surface area (Å²) in [5.74, 6) is 0.655. The lowest BCUT2D eigenvalue weighted by Crippen LogP contribution is -2.40. The second-order valence-electron chi connectivity index (χ2n) is 12.0. The van der Waals surface area contributed by atoms with Gasteiger partial charge in [-0.05, 0) is 54.7 Å². The summed E-state index contributed by atoms with van der Waals surface area (Å²) in [5.41, 5.74) is 6.55. The van der Waals surface area contributed by atoms with Crippen LogP contribution in [0.4, 0.5) is 16.3 Å². The Hall–Kier alpha value is -4.39. The number of nitrogens with zero attached hydrogens (tertiary/aromatic N) is 3. The van der Waals surface area contributed by atoms with Crippen molar-refractivity contribution in [2.75, 3.05) is 17.2 Å². The number of carbonyl (C=O) groups is 2. The number of amides is 3. The third-order valence-corrected chi connectivity index (χ3v) is 6.99. The average Bonchev–Trinajstić information content (AvgIpc) is 3.33. The van der Waals surface area contributed by atoms with Crippen LogP contribution in [-0.4, -0.2) is 33.2 Å². The summed E-state index contributed by atoms with van der Waals surface area (Å²) in [4.78, 5) is 28.5. The Balaban J connectivity index is 1.58. The Labute approximate surface area is 243 Å². The third-order valence-electron chi connectivity index (χ3n) is 6.99. The first-order valence-electron chi connectivity index (χ1n) is 14.1. The number of hydrogen-bond acceptors (Lipinski definition) is 3. The van der Waals surface area contributed by atoms with E-state index in [2.05, 4.69) is 51.3 Å². The molecule has 0 aliphatic heterocycles. The number of carbonyl (C=O) groups excluding carboxylic acids is 2. The molecule has 0 saturated carbocycles. The van der Waals surface area contributed by atoms with Crippen molar-refractivity contribution < 1.29 is 9.59 Å². The minimum atomic E-state index is -0.348. The first-order chi connectivity index (χ1) is 19.4. The number of aromatic nitrogens is 2. The molecule has 0 unspecified atom stereocenters. The van der Waals surface area contributed by atoms with E-state index in [1.54, 1.807) is 4.68 Å². The van der Waals surface area contributed by atoms with Crippen LogP contribution in [0.15, 0.2) is 78.9 Å². The minimum Gasteiger partial charge on any atom is -0.311 e. The van der Waals surface area contributed by atoms with Gasteiger partial charge >= 0.3 is 6.03 Å². The molecule has 0 aliphatic rings. The summed E-state index contributed by atoms with van der Waals surface area (Å²) in [6.45, 7) is 14.8. The molecule has 4 aromatic rings. The quantitative estimate of drug-likeness (QED) is 0.237. The predicted octanol–water partition coefficient (Wildman–Crippen LogP) is 7.58. The van der Waals surface area contributed by atoms with Crippen molar-refractivity contribution in [2.45, 2.75) is 66.3 Å². The number of urea groups is 1. The maximum Gasteiger partial charge on any atom is 0.322 e. The number of aryl methyl sites for hydroxylation is 2. The normalized spacial score (nSPS) is 11.4. The number of anilines is 2. The van der Waals surface area contributed by atoms with Gasteiger partial charge in [0.1, 0.15) is 12.4 Å². The maximum atomic E-state index is 13.5. The molecule has 3 aromatic carbocycles. The fraction of sp³-hybridized carbons (Fsp3) is 0.324. The Morgan fingerprint density at radius 3 is 2.20 bits per heavy atom. The topological polar surface area (TPSA) is 79.3 Å². The molecule has 0 bridgehead atoms. The zero-order chi connectivity index (χ0) is 29.7. The van der Waals surface area contributed by atoms with Crippen LogP contribution in [0.25, 0.3) is 5.69 Å². The summed E-state index contributed by atoms with van der Waals surface area (Å²) < 4.78 is 1.78. The van der Waals surface area contributed by atoms with Gasteiger partial charge in [-0.15, -0.1) is 0 Å². The molecule has 214 valence electrons. The molecule has 0 aliphatic carbocycles. The van der Waals surface area contributed by atoms with E-state index >= 15 is 0 Å². The first kappa shape index (κ1) is 29.6. The molecular weight excluding hydrogens is 510 g/mol. The molecule has 41 heavy (non-hydrogen) atoms. The summed E-state index contributed by atoms with van der Waals surface area (Å²) in [6, 6.07) is 25.2. The van der Waals surface area contributed by atoms with Crippen molar-refractivity contribution in [3.8, 4) is 5.69 Å². The van der Waals surface area contributed by atoms with E-state index in [0.717, 1.165) is 28.1 Å². The van der Waals surface area contributed by atoms with Crippen molar-refractivity contribution in [2.24, 2.45) is 0 Å². The SMILES string of the molecule is Cc1ccc(-n2nc(C(C)(C)C)cc2NC(=O)CN(Cc2ccccc2)C(=O)Nc2ccc(C(C)C)cc2)c(C)c1. The van der Waals surface area contributed by atoms with Crippen molar-refractivity contribution in [1.29, 1.82) is 0 Å². The van der Waals surface area contributed by atoms with E-state index in [9.17, 15) is 9.59 Å². The zero-order valence-corrected chi connectivity index (χ0v) is 25.2. The third kappa shape index (κ3) is 7.63. The maximum absolute atomic E-state index is 13.5. The van der Waals surface area contributed by atoms with Gasteiger partial charge in [0.25, 0.3) is 0 Å². The molecule has 2 N–H and O–H groups in total. The molecule has 3 amide bonds. The van der Waals surface area contributed by atoms with Crippen LogP contribution in [0, 0.1) is 13.8 Å². The van der Waals surface area contributed by atoms with Crippen molar-refractivity contribution in [1.82, 2.24) is 14.7 Å². The van der Waals surface area contributed by atoms with Crippen LogP contribution in [0.2, 0.25) is 0 Å². The van der Waals surface area contributed by atoms with Crippen LogP contribution in [0.3, 0.4) is 0 Å². The van der Waals surface area contributed by atoms with Gasteiger partial charge in [-0.3, -0.25) is 4.79 Å². The van der Waals surface area contributed by atoms with Gasteiger partial charge in [-0.1, -0.05) is 94.8 Å². The number of rotatable bonds is 8. The second-order valence-corrected chi connectivity index (χ2v) is 12.0. The second kappa shape index (κ2) is 12.4. The molecule has 7 nitrogen and oxygen atoms in total. The lowest BCUT2D eigenvalue weighted by molar-refractivity contribution is -0.116. The fourth-order valence-corrected chi connectivity index (χ4v) is 4.58. The van der Waals surface area contributed by atoms with Gasteiger partial charge in [-0.2, -0.15) is 5.10 Å². The molecule has 0 saturated heterocycles. The number of hydrogen-bond donors (Lipinski definition) is 2. The Kier molecular flexibility index (Phi) is 8.96. The lowest BCUT2D eigenvalue weighted by Gasteiger charge is -2.23. The van der Waals surface area contributed by atoms with Gasteiger partial charge in [0.15, 0.2) is 0 Å². The molecule has 1 aromatic heterocycles. The summed E-state index contributed by atoms with van der Waals surface area (Å²) >= 11 is 0. The molecule has 0 radical (unpaired) electrons. The van der Waals surface area contributed by atoms with E-state index < -0.39 is 0 Å². The smallest absolute Gasteiger partial charge is 0.311 e. The Morgan fingerprint density at radius 2 is 1.59 bits per heavy atom. The molecular formula is C34H41N5O2. The molecule has 0 fully saturated rings. The largest absolute Gasteiger partial charge is 0.322 e. The van der Waals surface area contributed by atoms with Gasteiger partial charge in [0.2, 0.25) is 5.91 Å². The van der Waals surface area contributed by atoms with E-state index in [0.29, 0.717) is 17.4 Å². The van der Waals surface area contributed by atoms with Crippen LogP contribution >= 0.6 is 0 Å². The van der Waals surface area contributed by atoms with Gasteiger partial charge in [0, 0.05) is 23.7 Å². The predicted molar refractivity (Wildman–Crippen MR) is 167 cm³/mol. The Morgan fingerprint density at radius 1 is 0.902 bits per heavy atom. The highest BCUT2D eigenvalue weighted by Gasteiger charge is 2.24. The number of nitrogens with one attached hydrogen (secondary N) is 2. The molecule has 7 heteroatoms. The monoisotopic (exact) mass is 551 g/mol. The highest BCUT2D eigenvalue weighted by Crippen LogP contribution is 2.28. The lowest BCUT2D eigenvalue weighted by atomic mass is 9.92. The first-order valence-corrected chi connectivity index (χ1v) is 14.1. The standard InChI is InChI=1S/C34H41N5O2/c1-23(2)27-14-16-28(17-15-27)35-33(41)38(21-26-11-9-8-10-12-26)22-32(40)36-31-20-30(34(5,6)7)37-39(31)29-18-13-24(3)19-25(29)4/h8-20,23H,21-22H2,1-7H3,(H,35,41)(H,36,40). The Bertz CT molecular complexity index is 1500. The summed E-state index contributed by atoms with van der Waals surface area (Å²) in [7, 11) is 0. The van der Waals surface area contributed by atoms with E-state index in [1.807, 2.05) is 86.6 Å². The fourth-order valence-electron chi connectivity index (χ4n) is 4.58. The van der Waals surface area contributed by atoms with E-state index in [4.69, 9.17) is 5.10 Å². The molecule has 4 rings (SSSR count). The summed E-state index contributed by atoms with van der Waals surface area (Å²) in [6.07, 6.45) is 0. The zero-order valence-electron chi connectivity index (χ0n) is 25.2. The minimum absolute atomic E-state index is 0.131. The highest BCUT2D eigenvalue weighted by atomic mass is 16.2. The summed E-state index contributed by atoms with van der Waals surface area (Å²) in [5, 5.41) is 10.9. The molecule has 0 atom stereocenters. The van der Waals surface area contributed by atoms with Crippen LogP contribution in [0.1, 0.15) is 68.5 Å². The van der Waals surface area contributed by atoms with E-state index in [1.165, 1.54) is 10.5 Å². The van der Waals surface area contributed by atoms with Crippen LogP contribution in [-0.2, 0) is 16.8 Å². The number of benzene rings is 3. The van der Waals surface area contributed by atoms with E-state index in [-0.39, 0.29) is 30.4 Å². The van der Waals surface area contributed by atoms with Gasteiger partial charge in [-0.25, -0.2) is 9.48 Å². The van der Waals surface area contributed by atoms with Crippen molar-refractivity contribution in [3.63, 3.8) is 0 Å². The van der Waals surface area contributed by atoms with Crippen LogP contribution in [0.5, 0.6) is 0 Å². The highest BCUT2D eigenvalue weighted by molar-refractivity contribution is 5.96. The van der Waals surface area contributed by atoms with Crippen molar-refractivity contribution >= 4 is 23.4 Å². The van der Waals surface area contributed by atoms with Gasteiger partial charge < -0.3 is 15.5 Å². The van der Waals surface area contributed by atoms with Gasteiger partial charge in [0.05, 0.1) is 11.4 Å². The van der Waals surface area contributed by atoms with Crippen molar-refractivity contribution in [3.05, 3.63) is 107 Å². The average molecular weight is 552 g/mol. The van der Waals surface area contributed by atoms with Crippen LogP contribution < -0.4 is 10.6 Å². The molecule has 1 heterocycles. The molecule has 0 spiro atoms.